The fourth-order valence-electron chi connectivity index (χ4n) is 2.20. The van der Waals surface area contributed by atoms with Crippen molar-refractivity contribution in [1.29, 1.82) is 0 Å². The average Bonchev–Trinajstić information content (AvgIpc) is 3.37. The molecule has 2 aromatic rings. The van der Waals surface area contributed by atoms with Gasteiger partial charge in [-0.2, -0.15) is 13.2 Å². The predicted molar refractivity (Wildman–Crippen MR) is 74.6 cm³/mol. The second-order valence-electron chi connectivity index (χ2n) is 5.37. The number of rotatable bonds is 4. The Morgan fingerprint density at radius 1 is 1.22 bits per heavy atom. The quantitative estimate of drug-likeness (QED) is 0.805. The van der Waals surface area contributed by atoms with Crippen molar-refractivity contribution in [3.63, 3.8) is 0 Å². The second-order valence-corrected chi connectivity index (χ2v) is 5.37. The minimum atomic E-state index is -4.38. The van der Waals surface area contributed by atoms with Crippen LogP contribution in [0.5, 0.6) is 0 Å². The van der Waals surface area contributed by atoms with Crippen LogP contribution in [0.4, 0.5) is 13.2 Å². The van der Waals surface area contributed by atoms with Crippen LogP contribution in [-0.2, 0) is 17.5 Å². The highest BCUT2D eigenvalue weighted by Crippen LogP contribution is 2.40. The zero-order valence-electron chi connectivity index (χ0n) is 12.0. The molecule has 1 heterocycles. The van der Waals surface area contributed by atoms with Gasteiger partial charge in [0.2, 0.25) is 0 Å². The summed E-state index contributed by atoms with van der Waals surface area (Å²) in [6.45, 7) is -0.101. The molecule has 0 bridgehead atoms. The normalized spacial score (nSPS) is 14.6. The van der Waals surface area contributed by atoms with Crippen molar-refractivity contribution in [2.45, 2.75) is 31.5 Å². The lowest BCUT2D eigenvalue weighted by atomic mass is 10.1. The first kappa shape index (κ1) is 15.5. The monoisotopic (exact) mass is 322 g/mol. The van der Waals surface area contributed by atoms with Gasteiger partial charge < -0.3 is 4.74 Å². The molecule has 7 heteroatoms. The molecule has 4 nitrogen and oxygen atoms in total. The van der Waals surface area contributed by atoms with Crippen molar-refractivity contribution in [2.75, 3.05) is 0 Å². The third-order valence-corrected chi connectivity index (χ3v) is 3.58. The average molecular weight is 322 g/mol. The molecule has 0 saturated heterocycles. The highest BCUT2D eigenvalue weighted by Gasteiger charge is 2.31. The number of alkyl halides is 3. The molecule has 3 rings (SSSR count). The molecular formula is C16H13F3N2O2. The van der Waals surface area contributed by atoms with Crippen molar-refractivity contribution < 1.29 is 22.7 Å². The molecule has 0 aliphatic heterocycles. The number of ether oxygens (including phenoxy) is 1. The van der Waals surface area contributed by atoms with Gasteiger partial charge in [0.05, 0.1) is 16.8 Å². The van der Waals surface area contributed by atoms with E-state index in [0.717, 1.165) is 25.0 Å². The molecule has 1 saturated carbocycles. The van der Waals surface area contributed by atoms with E-state index in [0.29, 0.717) is 16.8 Å². The first-order valence-corrected chi connectivity index (χ1v) is 7.08. The van der Waals surface area contributed by atoms with Crippen LogP contribution in [0.1, 0.15) is 45.9 Å². The third kappa shape index (κ3) is 3.67. The summed E-state index contributed by atoms with van der Waals surface area (Å²) in [5, 5.41) is 0. The maximum atomic E-state index is 12.5. The second kappa shape index (κ2) is 5.98. The number of aromatic nitrogens is 2. The summed E-state index contributed by atoms with van der Waals surface area (Å²) < 4.78 is 42.6. The molecular weight excluding hydrogens is 309 g/mol. The van der Waals surface area contributed by atoms with Crippen LogP contribution >= 0.6 is 0 Å². The van der Waals surface area contributed by atoms with Gasteiger partial charge in [0.25, 0.3) is 0 Å². The Labute approximate surface area is 130 Å². The van der Waals surface area contributed by atoms with Crippen LogP contribution in [0.15, 0.2) is 36.8 Å². The Kier molecular flexibility index (Phi) is 4.02. The van der Waals surface area contributed by atoms with Gasteiger partial charge in [-0.15, -0.1) is 0 Å². The largest absolute Gasteiger partial charge is 0.457 e. The zero-order chi connectivity index (χ0) is 16.4. The molecule has 0 unspecified atom stereocenters. The van der Waals surface area contributed by atoms with Crippen LogP contribution < -0.4 is 0 Å². The molecule has 1 aliphatic carbocycles. The van der Waals surface area contributed by atoms with Gasteiger partial charge in [-0.3, -0.25) is 0 Å². The molecule has 0 N–H and O–H groups in total. The van der Waals surface area contributed by atoms with E-state index in [-0.39, 0.29) is 12.5 Å². The van der Waals surface area contributed by atoms with E-state index in [1.165, 1.54) is 24.7 Å². The molecule has 1 aromatic heterocycles. The number of carbonyl (C=O) groups excluding carboxylic acids is 1. The minimum Gasteiger partial charge on any atom is -0.457 e. The van der Waals surface area contributed by atoms with E-state index in [4.69, 9.17) is 4.74 Å². The summed E-state index contributed by atoms with van der Waals surface area (Å²) in [7, 11) is 0. The first-order valence-electron chi connectivity index (χ1n) is 7.08. The van der Waals surface area contributed by atoms with Crippen LogP contribution in [0.3, 0.4) is 0 Å². The summed E-state index contributed by atoms with van der Waals surface area (Å²) >= 11 is 0. The molecule has 1 fully saturated rings. The highest BCUT2D eigenvalue weighted by molar-refractivity contribution is 5.90. The van der Waals surface area contributed by atoms with Crippen LogP contribution in [-0.4, -0.2) is 15.9 Å². The first-order chi connectivity index (χ1) is 10.9. The van der Waals surface area contributed by atoms with Crippen molar-refractivity contribution in [2.24, 2.45) is 0 Å². The fraction of sp³-hybridized carbons (Fsp3) is 0.312. The summed E-state index contributed by atoms with van der Waals surface area (Å²) in [6.07, 6.45) is 0.387. The van der Waals surface area contributed by atoms with Crippen molar-refractivity contribution >= 4 is 5.97 Å². The number of benzene rings is 1. The highest BCUT2D eigenvalue weighted by atomic mass is 19.4. The van der Waals surface area contributed by atoms with Crippen LogP contribution in [0.2, 0.25) is 0 Å². The topological polar surface area (TPSA) is 52.1 Å². The van der Waals surface area contributed by atoms with Gasteiger partial charge in [-0.05, 0) is 30.5 Å². The molecule has 0 radical (unpaired) electrons. The lowest BCUT2D eigenvalue weighted by Crippen LogP contribution is -2.10. The lowest BCUT2D eigenvalue weighted by Gasteiger charge is -2.09. The Morgan fingerprint density at radius 3 is 2.52 bits per heavy atom. The maximum Gasteiger partial charge on any atom is 0.416 e. The van der Waals surface area contributed by atoms with Crippen molar-refractivity contribution in [3.8, 4) is 0 Å². The molecule has 23 heavy (non-hydrogen) atoms. The van der Waals surface area contributed by atoms with Crippen LogP contribution in [0, 0.1) is 0 Å². The maximum absolute atomic E-state index is 12.5. The standard InChI is InChI=1S/C16H13F3N2O2/c17-16(18,19)12-5-1-10(2-6-12)8-23-15(22)13-7-20-9-21-14(13)11-3-4-11/h1-2,5-7,9,11H,3-4,8H2. The molecule has 1 aliphatic rings. The minimum absolute atomic E-state index is 0.101. The number of hydrogen-bond donors (Lipinski definition) is 0. The Morgan fingerprint density at radius 2 is 1.91 bits per heavy atom. The van der Waals surface area contributed by atoms with Crippen molar-refractivity contribution in [1.82, 2.24) is 9.97 Å². The smallest absolute Gasteiger partial charge is 0.416 e. The number of nitrogens with zero attached hydrogens (tertiary/aromatic N) is 2. The van der Waals surface area contributed by atoms with Crippen LogP contribution in [0.25, 0.3) is 0 Å². The van der Waals surface area contributed by atoms with Gasteiger partial charge in [0.15, 0.2) is 0 Å². The third-order valence-electron chi connectivity index (χ3n) is 3.58. The summed E-state index contributed by atoms with van der Waals surface area (Å²) in [5.41, 5.74) is 0.746. The molecule has 0 atom stereocenters. The van der Waals surface area contributed by atoms with Gasteiger partial charge >= 0.3 is 12.1 Å². The van der Waals surface area contributed by atoms with E-state index in [1.54, 1.807) is 0 Å². The Bertz CT molecular complexity index is 710. The SMILES string of the molecule is O=C(OCc1ccc(C(F)(F)F)cc1)c1cncnc1C1CC1. The summed E-state index contributed by atoms with van der Waals surface area (Å²) in [6, 6.07) is 4.51. The predicted octanol–water partition coefficient (Wildman–Crippen LogP) is 3.73. The Balaban J connectivity index is 1.65. The van der Waals surface area contributed by atoms with E-state index in [2.05, 4.69) is 9.97 Å². The zero-order valence-corrected chi connectivity index (χ0v) is 12.0. The van der Waals surface area contributed by atoms with Gasteiger partial charge in [-0.25, -0.2) is 14.8 Å². The lowest BCUT2D eigenvalue weighted by molar-refractivity contribution is -0.137. The number of hydrogen-bond acceptors (Lipinski definition) is 4. The van der Waals surface area contributed by atoms with Crippen molar-refractivity contribution in [3.05, 3.63) is 59.2 Å². The van der Waals surface area contributed by atoms with Gasteiger partial charge in [-0.1, -0.05) is 12.1 Å². The number of esters is 1. The Hall–Kier alpha value is -2.44. The number of carbonyl (C=O) groups is 1. The van der Waals surface area contributed by atoms with E-state index < -0.39 is 17.7 Å². The molecule has 0 amide bonds. The molecule has 1 aromatic carbocycles. The number of halogens is 3. The molecule has 120 valence electrons. The molecule has 0 spiro atoms. The fourth-order valence-corrected chi connectivity index (χ4v) is 2.20. The van der Waals surface area contributed by atoms with E-state index in [9.17, 15) is 18.0 Å². The van der Waals surface area contributed by atoms with E-state index >= 15 is 0 Å². The van der Waals surface area contributed by atoms with Gasteiger partial charge in [0.1, 0.15) is 12.9 Å². The summed E-state index contributed by atoms with van der Waals surface area (Å²) in [5.74, 6) is -0.293. The van der Waals surface area contributed by atoms with Gasteiger partial charge in [0, 0.05) is 12.1 Å². The van der Waals surface area contributed by atoms with E-state index in [1.807, 2.05) is 0 Å². The summed E-state index contributed by atoms with van der Waals surface area (Å²) in [4.78, 5) is 20.1.